The zero-order valence-electron chi connectivity index (χ0n) is 29.7. The number of rotatable bonds is 13. The number of benzene rings is 2. The summed E-state index contributed by atoms with van der Waals surface area (Å²) in [5.41, 5.74) is 1.64. The maximum Gasteiger partial charge on any atom is 0.408 e. The molecule has 2 aromatic rings. The van der Waals surface area contributed by atoms with Crippen LogP contribution in [-0.2, 0) is 30.3 Å². The molecule has 0 bridgehead atoms. The van der Waals surface area contributed by atoms with Crippen molar-refractivity contribution in [3.63, 3.8) is 0 Å². The summed E-state index contributed by atoms with van der Waals surface area (Å²) in [6.45, 7) is 20.5. The van der Waals surface area contributed by atoms with Crippen molar-refractivity contribution in [3.8, 4) is 0 Å². The summed E-state index contributed by atoms with van der Waals surface area (Å²) in [6.07, 6.45) is 0.400. The van der Waals surface area contributed by atoms with Crippen molar-refractivity contribution in [1.29, 1.82) is 0 Å². The van der Waals surface area contributed by atoms with E-state index in [-0.39, 0.29) is 18.9 Å². The lowest BCUT2D eigenvalue weighted by Gasteiger charge is -2.36. The number of nitrogens with one attached hydrogen (secondary N) is 2. The highest BCUT2D eigenvalue weighted by molar-refractivity contribution is 5.94. The summed E-state index contributed by atoms with van der Waals surface area (Å²) >= 11 is 0. The molecule has 0 heterocycles. The van der Waals surface area contributed by atoms with Crippen LogP contribution in [0.3, 0.4) is 0 Å². The Hall–Kier alpha value is -3.88. The normalized spacial score (nSPS) is 13.7. The summed E-state index contributed by atoms with van der Waals surface area (Å²) in [6, 6.07) is 12.1. The number of nitrogens with zero attached hydrogens (tertiary/aromatic N) is 1. The van der Waals surface area contributed by atoms with Gasteiger partial charge < -0.3 is 25.0 Å². The Morgan fingerprint density at radius 3 is 1.85 bits per heavy atom. The Morgan fingerprint density at radius 2 is 1.35 bits per heavy atom. The second-order valence-corrected chi connectivity index (χ2v) is 14.4. The first-order valence-electron chi connectivity index (χ1n) is 16.3. The van der Waals surface area contributed by atoms with Gasteiger partial charge in [-0.1, -0.05) is 69.3 Å². The topological polar surface area (TPSA) is 114 Å². The predicted molar refractivity (Wildman–Crippen MR) is 181 cm³/mol. The number of aryl methyl sites for hydroxylation is 2. The number of hydrogen-bond acceptors (Lipinski definition) is 6. The lowest BCUT2D eigenvalue weighted by molar-refractivity contribution is -0.159. The molecule has 0 spiro atoms. The van der Waals surface area contributed by atoms with Crippen LogP contribution in [0.1, 0.15) is 103 Å². The summed E-state index contributed by atoms with van der Waals surface area (Å²) in [4.78, 5) is 57.0. The van der Waals surface area contributed by atoms with Crippen molar-refractivity contribution in [2.45, 2.75) is 125 Å². The lowest BCUT2D eigenvalue weighted by atomic mass is 9.92. The van der Waals surface area contributed by atoms with Gasteiger partial charge in [-0.05, 0) is 96.4 Å². The number of esters is 1. The van der Waals surface area contributed by atoms with E-state index in [0.29, 0.717) is 18.4 Å². The van der Waals surface area contributed by atoms with Gasteiger partial charge in [0.25, 0.3) is 0 Å². The van der Waals surface area contributed by atoms with Crippen LogP contribution in [-0.4, -0.2) is 58.6 Å². The van der Waals surface area contributed by atoms with Crippen molar-refractivity contribution in [1.82, 2.24) is 15.5 Å². The molecule has 9 heteroatoms. The van der Waals surface area contributed by atoms with Crippen molar-refractivity contribution in [2.75, 3.05) is 6.54 Å². The first kappa shape index (κ1) is 38.3. The third-order valence-electron chi connectivity index (χ3n) is 7.11. The van der Waals surface area contributed by atoms with E-state index >= 15 is 0 Å². The highest BCUT2D eigenvalue weighted by Crippen LogP contribution is 2.30. The van der Waals surface area contributed by atoms with E-state index in [0.717, 1.165) is 16.7 Å². The molecule has 2 aromatic carbocycles. The largest absolute Gasteiger partial charge is 0.458 e. The second-order valence-electron chi connectivity index (χ2n) is 14.4. The summed E-state index contributed by atoms with van der Waals surface area (Å²) < 4.78 is 11.2. The van der Waals surface area contributed by atoms with Crippen molar-refractivity contribution < 1.29 is 28.7 Å². The van der Waals surface area contributed by atoms with Crippen LogP contribution in [0.2, 0.25) is 0 Å². The van der Waals surface area contributed by atoms with Crippen LogP contribution in [0, 0.1) is 19.8 Å². The first-order valence-corrected chi connectivity index (χ1v) is 16.3. The Balaban J connectivity index is 2.64. The first-order chi connectivity index (χ1) is 21.3. The van der Waals surface area contributed by atoms with Gasteiger partial charge in [-0.3, -0.25) is 9.59 Å². The van der Waals surface area contributed by atoms with Gasteiger partial charge in [-0.25, -0.2) is 9.59 Å². The fourth-order valence-electron chi connectivity index (χ4n) is 5.30. The molecule has 0 saturated carbocycles. The van der Waals surface area contributed by atoms with Gasteiger partial charge in [0.15, 0.2) is 0 Å². The van der Waals surface area contributed by atoms with Crippen LogP contribution in [0.4, 0.5) is 4.79 Å². The van der Waals surface area contributed by atoms with E-state index in [9.17, 15) is 19.2 Å². The quantitative estimate of drug-likeness (QED) is 0.240. The maximum absolute atomic E-state index is 14.6. The van der Waals surface area contributed by atoms with Crippen LogP contribution < -0.4 is 10.6 Å². The number of carbonyl (C=O) groups excluding carboxylic acids is 4. The minimum Gasteiger partial charge on any atom is -0.458 e. The third-order valence-corrected chi connectivity index (χ3v) is 7.11. The van der Waals surface area contributed by atoms with E-state index in [1.807, 2.05) is 83.1 Å². The molecule has 3 amide bonds. The molecule has 0 aliphatic heterocycles. The smallest absolute Gasteiger partial charge is 0.408 e. The van der Waals surface area contributed by atoms with Gasteiger partial charge in [0.05, 0.1) is 0 Å². The SMILES string of the molecule is CCCN(C(=O)C(CC(C)C)NC(=O)OC(C)(C)C)C(C(=O)NC(Cc1ccccc1)C(=O)OC(C)(C)C)c1c(C)cccc1C. The maximum atomic E-state index is 14.6. The van der Waals surface area contributed by atoms with E-state index < -0.39 is 53.2 Å². The monoisotopic (exact) mass is 637 g/mol. The molecule has 0 fully saturated rings. The molecule has 254 valence electrons. The molecule has 2 N–H and O–H groups in total. The number of ether oxygens (including phenoxy) is 2. The van der Waals surface area contributed by atoms with Gasteiger partial charge in [0.2, 0.25) is 11.8 Å². The Bertz CT molecular complexity index is 1310. The molecule has 0 aromatic heterocycles. The highest BCUT2D eigenvalue weighted by Gasteiger charge is 2.39. The fraction of sp³-hybridized carbons (Fsp3) is 0.568. The lowest BCUT2D eigenvalue weighted by Crippen LogP contribution is -2.55. The summed E-state index contributed by atoms with van der Waals surface area (Å²) in [5.74, 6) is -1.42. The molecule has 0 saturated heterocycles. The number of amides is 3. The average molecular weight is 638 g/mol. The highest BCUT2D eigenvalue weighted by atomic mass is 16.6. The fourth-order valence-corrected chi connectivity index (χ4v) is 5.30. The van der Waals surface area contributed by atoms with Gasteiger partial charge in [-0.15, -0.1) is 0 Å². The minimum absolute atomic E-state index is 0.0576. The van der Waals surface area contributed by atoms with Gasteiger partial charge in [0, 0.05) is 13.0 Å². The molecule has 0 aliphatic rings. The van der Waals surface area contributed by atoms with E-state index in [1.54, 1.807) is 41.5 Å². The average Bonchev–Trinajstić information content (AvgIpc) is 2.91. The molecular formula is C37H55N3O6. The van der Waals surface area contributed by atoms with Crippen LogP contribution >= 0.6 is 0 Å². The van der Waals surface area contributed by atoms with Gasteiger partial charge in [0.1, 0.15) is 29.3 Å². The Morgan fingerprint density at radius 1 is 0.783 bits per heavy atom. The van der Waals surface area contributed by atoms with E-state index in [4.69, 9.17) is 9.47 Å². The van der Waals surface area contributed by atoms with Crippen molar-refractivity contribution in [3.05, 3.63) is 70.8 Å². The minimum atomic E-state index is -1.08. The molecule has 2 rings (SSSR count). The molecule has 0 radical (unpaired) electrons. The number of alkyl carbamates (subject to hydrolysis) is 1. The van der Waals surface area contributed by atoms with Crippen LogP contribution in [0.25, 0.3) is 0 Å². The molecule has 9 nitrogen and oxygen atoms in total. The number of hydrogen-bond donors (Lipinski definition) is 2. The molecule has 46 heavy (non-hydrogen) atoms. The number of carbonyl (C=O) groups is 4. The van der Waals surface area contributed by atoms with E-state index in [2.05, 4.69) is 10.6 Å². The predicted octanol–water partition coefficient (Wildman–Crippen LogP) is 6.59. The van der Waals surface area contributed by atoms with Crippen molar-refractivity contribution >= 4 is 23.9 Å². The summed E-state index contributed by atoms with van der Waals surface area (Å²) in [5, 5.41) is 5.74. The van der Waals surface area contributed by atoms with E-state index in [1.165, 1.54) is 4.90 Å². The standard InChI is InChI=1S/C37H55N3O6/c1-12-21-40(33(42)28(22-24(2)3)39-35(44)46-37(9,10)11)31(30-25(4)17-16-18-26(30)5)32(41)38-29(34(43)45-36(6,7)8)23-27-19-14-13-15-20-27/h13-20,24,28-29,31H,12,21-23H2,1-11H3,(H,38,41)(H,39,44). The van der Waals surface area contributed by atoms with Gasteiger partial charge >= 0.3 is 12.1 Å². The Kier molecular flexibility index (Phi) is 13.8. The summed E-state index contributed by atoms with van der Waals surface area (Å²) in [7, 11) is 0. The Labute approximate surface area is 275 Å². The van der Waals surface area contributed by atoms with Crippen LogP contribution in [0.5, 0.6) is 0 Å². The molecule has 3 atom stereocenters. The molecule has 3 unspecified atom stereocenters. The molecule has 0 aliphatic carbocycles. The van der Waals surface area contributed by atoms with Crippen LogP contribution in [0.15, 0.2) is 48.5 Å². The molecular weight excluding hydrogens is 582 g/mol. The van der Waals surface area contributed by atoms with Gasteiger partial charge in [-0.2, -0.15) is 0 Å². The third kappa shape index (κ3) is 12.1. The zero-order chi connectivity index (χ0) is 34.8. The van der Waals surface area contributed by atoms with Crippen molar-refractivity contribution in [2.24, 2.45) is 5.92 Å². The zero-order valence-corrected chi connectivity index (χ0v) is 29.7. The second kappa shape index (κ2) is 16.6.